The van der Waals surface area contributed by atoms with Crippen LogP contribution in [0.1, 0.15) is 75.8 Å². The smallest absolute Gasteiger partial charge is 0.453 e. The third-order valence-electron chi connectivity index (χ3n) is 9.99. The van der Waals surface area contributed by atoms with Gasteiger partial charge in [-0.2, -0.15) is 22.0 Å². The van der Waals surface area contributed by atoms with Gasteiger partial charge in [0, 0.05) is 6.42 Å². The van der Waals surface area contributed by atoms with E-state index >= 15 is 0 Å². The fourth-order valence-electron chi connectivity index (χ4n) is 7.33. The lowest BCUT2D eigenvalue weighted by Crippen LogP contribution is -2.44. The minimum Gasteiger partial charge on any atom is -0.508 e. The molecule has 244 valence electrons. The molecule has 3 aliphatic rings. The molecule has 5 rings (SSSR count). The number of phenols is 1. The van der Waals surface area contributed by atoms with E-state index in [9.17, 15) is 40.6 Å². The van der Waals surface area contributed by atoms with E-state index in [4.69, 9.17) is 9.47 Å². The summed E-state index contributed by atoms with van der Waals surface area (Å²) in [4.78, 5) is 0. The number of epoxide rings is 1. The molecule has 1 heterocycles. The molecule has 5 atom stereocenters. The van der Waals surface area contributed by atoms with Crippen molar-refractivity contribution < 1.29 is 50.1 Å². The monoisotopic (exact) mass is 646 g/mol. The van der Waals surface area contributed by atoms with Crippen molar-refractivity contribution in [3.63, 3.8) is 0 Å². The van der Waals surface area contributed by atoms with Crippen LogP contribution >= 0.6 is 0 Å². The number of ether oxygens (including phenoxy) is 2. The highest BCUT2D eigenvalue weighted by Crippen LogP contribution is 2.75. The van der Waals surface area contributed by atoms with Crippen LogP contribution < -0.4 is 4.74 Å². The largest absolute Gasteiger partial charge is 0.508 e. The number of hydrogen-bond donors (Lipinski definition) is 2. The van der Waals surface area contributed by atoms with Gasteiger partial charge < -0.3 is 19.7 Å². The van der Waals surface area contributed by atoms with E-state index in [-0.39, 0.29) is 23.3 Å². The third-order valence-corrected chi connectivity index (χ3v) is 11.8. The zero-order valence-electron chi connectivity index (χ0n) is 24.6. The van der Waals surface area contributed by atoms with Crippen molar-refractivity contribution in [2.75, 3.05) is 18.1 Å². The number of hydrogen-bond acceptors (Lipinski definition) is 6. The molecular formula is C32H39F5O6S. The predicted octanol–water partition coefficient (Wildman–Crippen LogP) is 7.03. The summed E-state index contributed by atoms with van der Waals surface area (Å²) in [5, 5.41) is 20.8. The Morgan fingerprint density at radius 1 is 0.886 bits per heavy atom. The first kappa shape index (κ1) is 32.9. The summed E-state index contributed by atoms with van der Waals surface area (Å²) in [6, 6.07) is 14.8. The topological polar surface area (TPSA) is 96.4 Å². The Morgan fingerprint density at radius 3 is 2.16 bits per heavy atom. The number of alkyl halides is 5. The second-order valence-corrected chi connectivity index (χ2v) is 15.2. The molecule has 2 aromatic rings. The molecule has 0 bridgehead atoms. The van der Waals surface area contributed by atoms with E-state index in [0.717, 1.165) is 30.4 Å². The summed E-state index contributed by atoms with van der Waals surface area (Å²) in [5.74, 6) is -4.75. The molecule has 1 aliphatic heterocycles. The van der Waals surface area contributed by atoms with Crippen molar-refractivity contribution in [3.8, 4) is 11.5 Å². The first-order valence-electron chi connectivity index (χ1n) is 15.1. The number of halogens is 5. The number of aliphatic hydroxyl groups is 1. The Kier molecular flexibility index (Phi) is 8.78. The highest BCUT2D eigenvalue weighted by atomic mass is 32.2. The van der Waals surface area contributed by atoms with Crippen LogP contribution in [0.3, 0.4) is 0 Å². The average molecular weight is 647 g/mol. The molecule has 2 aromatic carbocycles. The number of sulfone groups is 1. The van der Waals surface area contributed by atoms with Crippen molar-refractivity contribution >= 4 is 9.84 Å². The van der Waals surface area contributed by atoms with Gasteiger partial charge in [-0.15, -0.1) is 0 Å². The van der Waals surface area contributed by atoms with Crippen LogP contribution in [0.25, 0.3) is 0 Å². The molecular weight excluding hydrogens is 607 g/mol. The number of rotatable bonds is 13. The lowest BCUT2D eigenvalue weighted by molar-refractivity contribution is -0.284. The van der Waals surface area contributed by atoms with Gasteiger partial charge in [-0.1, -0.05) is 31.2 Å². The molecule has 2 N–H and O–H groups in total. The van der Waals surface area contributed by atoms with Crippen molar-refractivity contribution in [1.29, 1.82) is 0 Å². The van der Waals surface area contributed by atoms with Gasteiger partial charge in [0.2, 0.25) is 0 Å². The van der Waals surface area contributed by atoms with Crippen molar-refractivity contribution in [1.82, 2.24) is 0 Å². The first-order chi connectivity index (χ1) is 20.5. The molecule has 0 aromatic heterocycles. The molecule has 2 aliphatic carbocycles. The zero-order valence-corrected chi connectivity index (χ0v) is 25.4. The van der Waals surface area contributed by atoms with Crippen molar-refractivity contribution in [3.05, 3.63) is 59.7 Å². The molecule has 44 heavy (non-hydrogen) atoms. The summed E-state index contributed by atoms with van der Waals surface area (Å²) in [6.45, 7) is 2.47. The lowest BCUT2D eigenvalue weighted by Gasteiger charge is -2.43. The Hall–Kier alpha value is -2.44. The standard InChI is InChI=1S/C32H39F5O6S/c1-28-21-30(29(43-30,20-24(28)10-15-27(28)39)22-6-11-25(38)12-7-22)23-8-13-26(14-9-23)42-17-3-2-4-18-44(40,41)19-5-16-31(33,34)32(35,36)37/h6-9,11-14,24,27,38-39H,2-5,10,15-21H2,1H3. The maximum absolute atomic E-state index is 13.0. The summed E-state index contributed by atoms with van der Waals surface area (Å²) in [5.41, 5.74) is 0.549. The Bertz CT molecular complexity index is 1410. The maximum atomic E-state index is 13.0. The van der Waals surface area contributed by atoms with Gasteiger partial charge >= 0.3 is 12.1 Å². The van der Waals surface area contributed by atoms with E-state index in [1.807, 2.05) is 36.4 Å². The van der Waals surface area contributed by atoms with Gasteiger partial charge in [0.1, 0.15) is 32.5 Å². The van der Waals surface area contributed by atoms with Crippen LogP contribution in [-0.4, -0.2) is 54.9 Å². The fourth-order valence-corrected chi connectivity index (χ4v) is 8.76. The summed E-state index contributed by atoms with van der Waals surface area (Å²) >= 11 is 0. The number of fused-ring (bicyclic) bond motifs is 2. The minimum absolute atomic E-state index is 0.184. The van der Waals surface area contributed by atoms with Crippen LogP contribution in [-0.2, 0) is 25.8 Å². The summed E-state index contributed by atoms with van der Waals surface area (Å²) < 4.78 is 99.4. The Balaban J connectivity index is 1.13. The van der Waals surface area contributed by atoms with Gasteiger partial charge in [0.25, 0.3) is 0 Å². The second kappa shape index (κ2) is 11.7. The first-order valence-corrected chi connectivity index (χ1v) is 16.9. The number of phenolic OH excluding ortho intramolecular Hbond substituents is 1. The molecule has 0 radical (unpaired) electrons. The zero-order chi connectivity index (χ0) is 32.0. The molecule has 2 saturated carbocycles. The third kappa shape index (κ3) is 6.18. The van der Waals surface area contributed by atoms with Gasteiger partial charge in [0.05, 0.1) is 24.2 Å². The molecule has 5 unspecified atom stereocenters. The lowest BCUT2D eigenvalue weighted by atomic mass is 9.58. The number of unbranched alkanes of at least 4 members (excludes halogenated alkanes) is 2. The quantitative estimate of drug-likeness (QED) is 0.138. The molecule has 1 saturated heterocycles. The van der Waals surface area contributed by atoms with Crippen LogP contribution in [0.15, 0.2) is 48.5 Å². The molecule has 3 fully saturated rings. The van der Waals surface area contributed by atoms with Gasteiger partial charge in [-0.05, 0) is 98.1 Å². The number of aromatic hydroxyl groups is 1. The predicted molar refractivity (Wildman–Crippen MR) is 153 cm³/mol. The highest BCUT2D eigenvalue weighted by molar-refractivity contribution is 7.91. The summed E-state index contributed by atoms with van der Waals surface area (Å²) in [7, 11) is -3.73. The molecule has 0 spiro atoms. The second-order valence-electron chi connectivity index (χ2n) is 12.9. The molecule has 12 heteroatoms. The van der Waals surface area contributed by atoms with E-state index in [1.54, 1.807) is 12.1 Å². The van der Waals surface area contributed by atoms with E-state index in [1.165, 1.54) is 0 Å². The SMILES string of the molecule is CC12CC3(c4ccc(OCCCCCS(=O)(=O)CCCC(F)(F)C(F)(F)F)cc4)OC3(c3ccc(O)cc3)CC1CCC2O. The van der Waals surface area contributed by atoms with E-state index in [0.29, 0.717) is 37.5 Å². The van der Waals surface area contributed by atoms with Crippen LogP contribution in [0, 0.1) is 11.3 Å². The maximum Gasteiger partial charge on any atom is 0.453 e. The van der Waals surface area contributed by atoms with Gasteiger partial charge in [-0.3, -0.25) is 0 Å². The van der Waals surface area contributed by atoms with Crippen LogP contribution in [0.5, 0.6) is 11.5 Å². The van der Waals surface area contributed by atoms with Crippen LogP contribution in [0.2, 0.25) is 0 Å². The Labute approximate surface area is 254 Å². The van der Waals surface area contributed by atoms with E-state index in [2.05, 4.69) is 6.92 Å². The van der Waals surface area contributed by atoms with E-state index < -0.39 is 57.8 Å². The fraction of sp³-hybridized carbons (Fsp3) is 0.625. The number of aliphatic hydroxyl groups excluding tert-OH is 1. The molecule has 0 amide bonds. The summed E-state index contributed by atoms with van der Waals surface area (Å²) in [6.07, 6.45) is -3.95. The normalized spacial score (nSPS) is 30.1. The minimum atomic E-state index is -5.68. The molecule has 6 nitrogen and oxygen atoms in total. The number of benzene rings is 2. The van der Waals surface area contributed by atoms with Crippen molar-refractivity contribution in [2.24, 2.45) is 11.3 Å². The Morgan fingerprint density at radius 2 is 1.50 bits per heavy atom. The highest BCUT2D eigenvalue weighted by Gasteiger charge is 2.78. The van der Waals surface area contributed by atoms with Gasteiger partial charge in [0.15, 0.2) is 0 Å². The van der Waals surface area contributed by atoms with Gasteiger partial charge in [-0.25, -0.2) is 8.42 Å². The van der Waals surface area contributed by atoms with Crippen molar-refractivity contribution in [2.45, 2.75) is 94.1 Å². The average Bonchev–Trinajstić information content (AvgIpc) is 3.53. The van der Waals surface area contributed by atoms with Crippen LogP contribution in [0.4, 0.5) is 22.0 Å².